The zero-order valence-electron chi connectivity index (χ0n) is 17.1. The van der Waals surface area contributed by atoms with Crippen LogP contribution in [0.5, 0.6) is 0 Å². The van der Waals surface area contributed by atoms with Gasteiger partial charge in [-0.2, -0.15) is 0 Å². The summed E-state index contributed by atoms with van der Waals surface area (Å²) in [7, 11) is 0. The number of allylic oxidation sites excluding steroid dienone is 2. The van der Waals surface area contributed by atoms with E-state index in [0.717, 1.165) is 0 Å². The summed E-state index contributed by atoms with van der Waals surface area (Å²) in [5, 5.41) is 0. The number of halogens is 2. The molecule has 0 aromatic heterocycles. The van der Waals surface area contributed by atoms with Gasteiger partial charge in [-0.3, -0.25) is 0 Å². The van der Waals surface area contributed by atoms with E-state index < -0.39 is 0 Å². The Morgan fingerprint density at radius 3 is 1.83 bits per heavy atom. The first-order valence-electron chi connectivity index (χ1n) is 10.5. The summed E-state index contributed by atoms with van der Waals surface area (Å²) in [6.07, 6.45) is 17.5. The van der Waals surface area contributed by atoms with Crippen molar-refractivity contribution in [3.05, 3.63) is 82.9 Å². The molecule has 29 heavy (non-hydrogen) atoms. The fourth-order valence-electron chi connectivity index (χ4n) is 4.72. The summed E-state index contributed by atoms with van der Waals surface area (Å²) in [4.78, 5) is 0. The molecule has 0 fully saturated rings. The van der Waals surface area contributed by atoms with Gasteiger partial charge in [0.15, 0.2) is 0 Å². The molecule has 2 aromatic rings. The Labute approximate surface area is 203 Å². The first kappa shape index (κ1) is 24.7. The summed E-state index contributed by atoms with van der Waals surface area (Å²) in [6, 6.07) is 17.8. The SMILES string of the molecule is CC[C]([Zr+2])(CCCC1C=Cc2ccccc21)CCC1C=Cc2ccccc21.[Cl-].[Cl-]. The Kier molecular flexibility index (Phi) is 9.46. The maximum atomic E-state index is 2.43. The molecular weight excluding hydrogens is 474 g/mol. The zero-order chi connectivity index (χ0) is 18.7. The van der Waals surface area contributed by atoms with Gasteiger partial charge in [0.1, 0.15) is 0 Å². The molecule has 0 spiro atoms. The normalized spacial score (nSPS) is 20.4. The first-order valence-corrected chi connectivity index (χ1v) is 11.7. The van der Waals surface area contributed by atoms with E-state index in [1.54, 1.807) is 30.3 Å². The van der Waals surface area contributed by atoms with Crippen LogP contribution in [0.4, 0.5) is 0 Å². The number of fused-ring (bicyclic) bond motifs is 2. The van der Waals surface area contributed by atoms with Crippen LogP contribution in [-0.4, -0.2) is 0 Å². The number of hydrogen-bond donors (Lipinski definition) is 0. The Morgan fingerprint density at radius 1 is 0.759 bits per heavy atom. The average molecular weight is 504 g/mol. The zero-order valence-corrected chi connectivity index (χ0v) is 21.1. The van der Waals surface area contributed by atoms with E-state index in [0.29, 0.717) is 15.0 Å². The molecule has 0 bridgehead atoms. The van der Waals surface area contributed by atoms with E-state index in [1.807, 2.05) is 0 Å². The van der Waals surface area contributed by atoms with E-state index in [2.05, 4.69) is 79.8 Å². The Morgan fingerprint density at radius 2 is 1.28 bits per heavy atom. The minimum absolute atomic E-state index is 0. The monoisotopic (exact) mass is 501 g/mol. The minimum Gasteiger partial charge on any atom is -1.00 e. The van der Waals surface area contributed by atoms with Crippen LogP contribution in [0, 0.1) is 0 Å². The van der Waals surface area contributed by atoms with Crippen LogP contribution in [0.2, 0.25) is 3.12 Å². The van der Waals surface area contributed by atoms with E-state index >= 15 is 0 Å². The van der Waals surface area contributed by atoms with Crippen molar-refractivity contribution in [3.8, 4) is 0 Å². The van der Waals surface area contributed by atoms with Crippen LogP contribution in [0.25, 0.3) is 12.2 Å². The van der Waals surface area contributed by atoms with E-state index in [-0.39, 0.29) is 24.8 Å². The van der Waals surface area contributed by atoms with Crippen molar-refractivity contribution in [2.24, 2.45) is 0 Å². The van der Waals surface area contributed by atoms with Crippen LogP contribution < -0.4 is 24.8 Å². The van der Waals surface area contributed by atoms with Crippen LogP contribution in [0.3, 0.4) is 0 Å². The molecule has 3 atom stereocenters. The number of rotatable bonds is 8. The molecule has 0 saturated carbocycles. The molecule has 0 aliphatic heterocycles. The summed E-state index contributed by atoms with van der Waals surface area (Å²) in [5.41, 5.74) is 5.94. The van der Waals surface area contributed by atoms with Crippen molar-refractivity contribution >= 4 is 12.2 Å². The molecule has 3 unspecified atom stereocenters. The second kappa shape index (κ2) is 11.1. The Hall–Kier alpha value is -0.617. The minimum atomic E-state index is 0. The smallest absolute Gasteiger partial charge is 1.00 e. The van der Waals surface area contributed by atoms with Gasteiger partial charge in [-0.25, -0.2) is 0 Å². The summed E-state index contributed by atoms with van der Waals surface area (Å²) in [5.74, 6) is 1.28. The van der Waals surface area contributed by atoms with Gasteiger partial charge in [0.2, 0.25) is 0 Å². The molecule has 0 saturated heterocycles. The molecule has 0 radical (unpaired) electrons. The molecule has 0 nitrogen and oxygen atoms in total. The third-order valence-electron chi connectivity index (χ3n) is 6.59. The fourth-order valence-corrected chi connectivity index (χ4v) is 5.51. The summed E-state index contributed by atoms with van der Waals surface area (Å²) < 4.78 is 0.555. The maximum absolute atomic E-state index is 2.43. The van der Waals surface area contributed by atoms with Crippen molar-refractivity contribution in [2.45, 2.75) is 60.4 Å². The quantitative estimate of drug-likeness (QED) is 0.515. The van der Waals surface area contributed by atoms with Gasteiger partial charge in [0.05, 0.1) is 0 Å². The van der Waals surface area contributed by atoms with Crippen molar-refractivity contribution in [2.75, 3.05) is 0 Å². The molecule has 0 amide bonds. The largest absolute Gasteiger partial charge is 1.00 e. The van der Waals surface area contributed by atoms with Gasteiger partial charge >= 0.3 is 180 Å². The average Bonchev–Trinajstić information content (AvgIpc) is 3.31. The van der Waals surface area contributed by atoms with Crippen molar-refractivity contribution < 1.29 is 49.5 Å². The van der Waals surface area contributed by atoms with Crippen molar-refractivity contribution in [3.63, 3.8) is 0 Å². The number of benzene rings is 2. The maximum Gasteiger partial charge on any atom is -1.00 e. The molecule has 4 rings (SSSR count). The fraction of sp³-hybridized carbons (Fsp3) is 0.385. The molecule has 2 aliphatic rings. The Bertz CT molecular complexity index is 857. The van der Waals surface area contributed by atoms with E-state index in [9.17, 15) is 0 Å². The van der Waals surface area contributed by atoms with Gasteiger partial charge in [-0.05, 0) is 0 Å². The molecule has 2 aliphatic carbocycles. The molecule has 0 N–H and O–H groups in total. The molecule has 2 aromatic carbocycles. The predicted molar refractivity (Wildman–Crippen MR) is 113 cm³/mol. The second-order valence-corrected chi connectivity index (χ2v) is 10.9. The molecule has 151 valence electrons. The summed E-state index contributed by atoms with van der Waals surface area (Å²) >= 11 is 1.73. The van der Waals surface area contributed by atoms with Crippen molar-refractivity contribution in [1.82, 2.24) is 0 Å². The van der Waals surface area contributed by atoms with Crippen LogP contribution in [0.1, 0.15) is 79.5 Å². The second-order valence-electron chi connectivity index (χ2n) is 8.25. The van der Waals surface area contributed by atoms with Gasteiger partial charge in [-0.1, -0.05) is 0 Å². The first-order chi connectivity index (χ1) is 13.2. The van der Waals surface area contributed by atoms with Crippen LogP contribution in [-0.2, 0) is 24.7 Å². The topological polar surface area (TPSA) is 0 Å². The van der Waals surface area contributed by atoms with Crippen LogP contribution in [0.15, 0.2) is 60.7 Å². The molecule has 0 heterocycles. The molecule has 3 heteroatoms. The van der Waals surface area contributed by atoms with Gasteiger partial charge in [-0.15, -0.1) is 0 Å². The predicted octanol–water partition coefficient (Wildman–Crippen LogP) is 1.68. The van der Waals surface area contributed by atoms with Gasteiger partial charge in [0, 0.05) is 0 Å². The van der Waals surface area contributed by atoms with Gasteiger partial charge < -0.3 is 24.8 Å². The third kappa shape index (κ3) is 5.75. The van der Waals surface area contributed by atoms with Crippen molar-refractivity contribution in [1.29, 1.82) is 0 Å². The molecular formula is C26H29Cl2Zr. The Balaban J connectivity index is 0.00000150. The van der Waals surface area contributed by atoms with E-state index in [4.69, 9.17) is 0 Å². The van der Waals surface area contributed by atoms with Crippen LogP contribution >= 0.6 is 0 Å². The van der Waals surface area contributed by atoms with E-state index in [1.165, 1.54) is 55.2 Å². The number of hydrogen-bond acceptors (Lipinski definition) is 0. The third-order valence-corrected chi connectivity index (χ3v) is 8.69. The van der Waals surface area contributed by atoms with Gasteiger partial charge in [0.25, 0.3) is 0 Å². The summed E-state index contributed by atoms with van der Waals surface area (Å²) in [6.45, 7) is 2.40. The standard InChI is InChI=1S/C26H29.2ClH.Zr/c1-2-20(14-15-24-19-18-22-10-4-6-13-26(22)24)8-7-11-23-17-16-21-9-3-5-12-25(21)23;;;/h3-6,9-10,12-13,16-19,23-24H,2,7-8,11,14-15H2,1H3;2*1H;/q;;;+2/p-2.